The Labute approximate surface area is 118 Å². The summed E-state index contributed by atoms with van der Waals surface area (Å²) < 4.78 is 22.4. The SMILES string of the molecule is NS(=O)(=O)CC1CC(=O)N(c2c[nH]cc(Br)c2=O)C1. The third-order valence-electron chi connectivity index (χ3n) is 2.84. The monoisotopic (exact) mass is 349 g/mol. The largest absolute Gasteiger partial charge is 0.365 e. The third kappa shape index (κ3) is 3.23. The molecule has 2 rings (SSSR count). The summed E-state index contributed by atoms with van der Waals surface area (Å²) in [5.74, 6) is -0.931. The first kappa shape index (κ1) is 14.2. The van der Waals surface area contributed by atoms with Crippen LogP contribution in [-0.2, 0) is 14.8 Å². The van der Waals surface area contributed by atoms with E-state index in [-0.39, 0.29) is 41.7 Å². The molecule has 1 unspecified atom stereocenters. The van der Waals surface area contributed by atoms with Crippen molar-refractivity contribution in [3.05, 3.63) is 27.1 Å². The smallest absolute Gasteiger partial charge is 0.227 e. The minimum atomic E-state index is -3.63. The summed E-state index contributed by atoms with van der Waals surface area (Å²) in [6.45, 7) is 0.175. The van der Waals surface area contributed by atoms with E-state index in [1.54, 1.807) is 0 Å². The predicted octanol–water partition coefficient (Wildman–Crippen LogP) is -0.221. The Kier molecular flexibility index (Phi) is 3.79. The van der Waals surface area contributed by atoms with Gasteiger partial charge in [0.15, 0.2) is 0 Å². The number of halogens is 1. The van der Waals surface area contributed by atoms with Crippen molar-refractivity contribution in [2.45, 2.75) is 6.42 Å². The lowest BCUT2D eigenvalue weighted by molar-refractivity contribution is -0.117. The van der Waals surface area contributed by atoms with Crippen LogP contribution < -0.4 is 15.5 Å². The highest BCUT2D eigenvalue weighted by Crippen LogP contribution is 2.23. The van der Waals surface area contributed by atoms with Gasteiger partial charge in [0, 0.05) is 31.3 Å². The lowest BCUT2D eigenvalue weighted by Crippen LogP contribution is -2.31. The maximum atomic E-state index is 11.9. The van der Waals surface area contributed by atoms with Gasteiger partial charge in [0.25, 0.3) is 0 Å². The molecule has 1 saturated heterocycles. The van der Waals surface area contributed by atoms with Crippen molar-refractivity contribution in [3.63, 3.8) is 0 Å². The molecule has 0 spiro atoms. The van der Waals surface area contributed by atoms with Crippen molar-refractivity contribution in [3.8, 4) is 0 Å². The van der Waals surface area contributed by atoms with E-state index in [9.17, 15) is 18.0 Å². The summed E-state index contributed by atoms with van der Waals surface area (Å²) in [6.07, 6.45) is 2.96. The van der Waals surface area contributed by atoms with Crippen LogP contribution in [0.4, 0.5) is 5.69 Å². The van der Waals surface area contributed by atoms with Crippen molar-refractivity contribution in [1.82, 2.24) is 4.98 Å². The van der Waals surface area contributed by atoms with Crippen LogP contribution in [0.3, 0.4) is 0 Å². The number of carbonyl (C=O) groups is 1. The van der Waals surface area contributed by atoms with Gasteiger partial charge >= 0.3 is 0 Å². The lowest BCUT2D eigenvalue weighted by atomic mass is 10.1. The average Bonchev–Trinajstić information content (AvgIpc) is 2.61. The molecular weight excluding hydrogens is 338 g/mol. The molecule has 1 atom stereocenters. The fourth-order valence-electron chi connectivity index (χ4n) is 2.10. The Hall–Kier alpha value is -1.19. The Balaban J connectivity index is 2.26. The third-order valence-corrected chi connectivity index (χ3v) is 4.37. The molecule has 2 heterocycles. The molecule has 1 aromatic heterocycles. The van der Waals surface area contributed by atoms with Crippen LogP contribution in [0.5, 0.6) is 0 Å². The van der Waals surface area contributed by atoms with E-state index in [1.807, 2.05) is 0 Å². The predicted molar refractivity (Wildman–Crippen MR) is 73.2 cm³/mol. The van der Waals surface area contributed by atoms with Crippen molar-refractivity contribution in [2.24, 2.45) is 11.1 Å². The molecule has 0 aliphatic carbocycles. The molecule has 1 fully saturated rings. The van der Waals surface area contributed by atoms with Gasteiger partial charge in [-0.1, -0.05) is 0 Å². The number of primary sulfonamides is 1. The van der Waals surface area contributed by atoms with E-state index < -0.39 is 10.0 Å². The second-order valence-corrected chi connectivity index (χ2v) is 6.94. The molecule has 0 aromatic carbocycles. The summed E-state index contributed by atoms with van der Waals surface area (Å²) in [5, 5.41) is 4.97. The molecule has 9 heteroatoms. The highest BCUT2D eigenvalue weighted by molar-refractivity contribution is 9.10. The van der Waals surface area contributed by atoms with Crippen LogP contribution in [0.25, 0.3) is 0 Å². The quantitative estimate of drug-likeness (QED) is 0.784. The van der Waals surface area contributed by atoms with Crippen molar-refractivity contribution in [2.75, 3.05) is 17.2 Å². The minimum absolute atomic E-state index is 0.0718. The van der Waals surface area contributed by atoms with Crippen LogP contribution >= 0.6 is 15.9 Å². The number of amides is 1. The van der Waals surface area contributed by atoms with Gasteiger partial charge in [0.2, 0.25) is 21.4 Å². The molecular formula is C10H12BrN3O4S. The molecule has 7 nitrogen and oxygen atoms in total. The number of hydrogen-bond donors (Lipinski definition) is 2. The van der Waals surface area contributed by atoms with Gasteiger partial charge in [-0.2, -0.15) is 0 Å². The van der Waals surface area contributed by atoms with E-state index >= 15 is 0 Å². The number of nitrogens with zero attached hydrogens (tertiary/aromatic N) is 1. The minimum Gasteiger partial charge on any atom is -0.365 e. The number of nitrogens with two attached hydrogens (primary N) is 1. The van der Waals surface area contributed by atoms with Gasteiger partial charge in [-0.15, -0.1) is 0 Å². The van der Waals surface area contributed by atoms with E-state index in [0.29, 0.717) is 4.47 Å². The van der Waals surface area contributed by atoms with Crippen LogP contribution in [0.2, 0.25) is 0 Å². The van der Waals surface area contributed by atoms with Gasteiger partial charge in [-0.25, -0.2) is 13.6 Å². The Morgan fingerprint density at radius 2 is 2.11 bits per heavy atom. The molecule has 0 bridgehead atoms. The summed E-state index contributed by atoms with van der Waals surface area (Å²) in [4.78, 5) is 27.8. The summed E-state index contributed by atoms with van der Waals surface area (Å²) >= 11 is 3.08. The van der Waals surface area contributed by atoms with E-state index in [0.717, 1.165) is 0 Å². The highest BCUT2D eigenvalue weighted by Gasteiger charge is 2.34. The molecule has 1 aliphatic rings. The molecule has 3 N–H and O–H groups in total. The van der Waals surface area contributed by atoms with Crippen LogP contribution in [-0.4, -0.2) is 31.6 Å². The lowest BCUT2D eigenvalue weighted by Gasteiger charge is -2.15. The van der Waals surface area contributed by atoms with Gasteiger partial charge < -0.3 is 9.88 Å². The van der Waals surface area contributed by atoms with Crippen molar-refractivity contribution < 1.29 is 13.2 Å². The summed E-state index contributed by atoms with van der Waals surface area (Å²) in [5.41, 5.74) is -0.111. The number of carbonyl (C=O) groups excluding carboxylic acids is 1. The first-order chi connectivity index (χ1) is 8.78. The van der Waals surface area contributed by atoms with E-state index in [4.69, 9.17) is 5.14 Å². The second-order valence-electron chi connectivity index (χ2n) is 4.42. The molecule has 1 amide bonds. The molecule has 1 aliphatic heterocycles. The summed E-state index contributed by atoms with van der Waals surface area (Å²) in [7, 11) is -3.63. The number of anilines is 1. The Morgan fingerprint density at radius 3 is 2.74 bits per heavy atom. The topological polar surface area (TPSA) is 113 Å². The Morgan fingerprint density at radius 1 is 1.42 bits per heavy atom. The first-order valence-electron chi connectivity index (χ1n) is 5.45. The standard InChI is InChI=1S/C10H12BrN3O4S/c11-7-2-13-3-8(10(7)16)14-4-6(1-9(14)15)5-19(12,17)18/h2-3,6H,1,4-5H2,(H,13,16)(H2,12,17,18). The van der Waals surface area contributed by atoms with Gasteiger partial charge in [0.05, 0.1) is 10.2 Å². The Bertz CT molecular complexity index is 670. The molecule has 0 radical (unpaired) electrons. The zero-order valence-corrected chi connectivity index (χ0v) is 12.2. The fraction of sp³-hybridized carbons (Fsp3) is 0.400. The zero-order chi connectivity index (χ0) is 14.2. The highest BCUT2D eigenvalue weighted by atomic mass is 79.9. The number of aromatic amines is 1. The number of aromatic nitrogens is 1. The molecule has 19 heavy (non-hydrogen) atoms. The maximum Gasteiger partial charge on any atom is 0.227 e. The molecule has 0 saturated carbocycles. The normalized spacial score (nSPS) is 20.0. The van der Waals surface area contributed by atoms with Crippen molar-refractivity contribution >= 4 is 37.5 Å². The molecule has 104 valence electrons. The summed E-state index contributed by atoms with van der Waals surface area (Å²) in [6, 6.07) is 0. The number of hydrogen-bond acceptors (Lipinski definition) is 4. The first-order valence-corrected chi connectivity index (χ1v) is 7.96. The van der Waals surface area contributed by atoms with E-state index in [1.165, 1.54) is 17.3 Å². The fourth-order valence-corrected chi connectivity index (χ4v) is 3.32. The second kappa shape index (κ2) is 5.06. The van der Waals surface area contributed by atoms with E-state index in [2.05, 4.69) is 20.9 Å². The molecule has 1 aromatic rings. The van der Waals surface area contributed by atoms with Gasteiger partial charge in [-0.05, 0) is 15.9 Å². The van der Waals surface area contributed by atoms with Crippen LogP contribution in [0, 0.1) is 5.92 Å². The number of rotatable bonds is 3. The van der Waals surface area contributed by atoms with Gasteiger partial charge in [-0.3, -0.25) is 9.59 Å². The van der Waals surface area contributed by atoms with Crippen molar-refractivity contribution in [1.29, 1.82) is 0 Å². The number of pyridine rings is 1. The van der Waals surface area contributed by atoms with Gasteiger partial charge in [0.1, 0.15) is 5.69 Å². The number of H-pyrrole nitrogens is 1. The average molecular weight is 350 g/mol. The van der Waals surface area contributed by atoms with Crippen LogP contribution in [0.15, 0.2) is 21.7 Å². The number of sulfonamides is 1. The maximum absolute atomic E-state index is 11.9. The van der Waals surface area contributed by atoms with Crippen LogP contribution in [0.1, 0.15) is 6.42 Å². The zero-order valence-electron chi connectivity index (χ0n) is 9.80. The number of nitrogens with one attached hydrogen (secondary N) is 1.